The van der Waals surface area contributed by atoms with E-state index < -0.39 is 20.9 Å². The van der Waals surface area contributed by atoms with Gasteiger partial charge in [0.15, 0.2) is 0 Å². The fraction of sp³-hybridized carbons (Fsp3) is 0.474. The normalized spacial score (nSPS) is 11.9. The van der Waals surface area contributed by atoms with E-state index in [0.717, 1.165) is 10.9 Å². The fourth-order valence-corrected chi connectivity index (χ4v) is 3.37. The summed E-state index contributed by atoms with van der Waals surface area (Å²) in [7, 11) is -3.26. The summed E-state index contributed by atoms with van der Waals surface area (Å²) < 4.78 is 31.1. The molecule has 1 aromatic carbocycles. The fourth-order valence-electron chi connectivity index (χ4n) is 2.60. The molecule has 1 amide bonds. The number of carbonyl (C=O) groups excluding carboxylic acids is 1. The first kappa shape index (κ1) is 21.1. The summed E-state index contributed by atoms with van der Waals surface area (Å²) in [6, 6.07) is 6.61. The van der Waals surface area contributed by atoms with Gasteiger partial charge in [0, 0.05) is 30.1 Å². The first-order valence-corrected chi connectivity index (χ1v) is 10.6. The Bertz CT molecular complexity index is 964. The molecule has 8 heteroatoms. The first-order valence-electron chi connectivity index (χ1n) is 9.08. The second-order valence-corrected chi connectivity index (χ2v) is 8.98. The molecule has 0 radical (unpaired) electrons. The summed E-state index contributed by atoms with van der Waals surface area (Å²) in [4.78, 5) is 23.6. The number of nitrogens with one attached hydrogen (secondary N) is 2. The van der Waals surface area contributed by atoms with Crippen molar-refractivity contribution in [1.29, 1.82) is 0 Å². The molecule has 0 saturated heterocycles. The highest BCUT2D eigenvalue weighted by Crippen LogP contribution is 2.23. The van der Waals surface area contributed by atoms with Crippen molar-refractivity contribution in [3.8, 4) is 0 Å². The lowest BCUT2D eigenvalue weighted by molar-refractivity contribution is -0.116. The van der Waals surface area contributed by atoms with Crippen LogP contribution in [0.2, 0.25) is 0 Å². The van der Waals surface area contributed by atoms with Gasteiger partial charge in [-0.3, -0.25) is 4.79 Å². The van der Waals surface area contributed by atoms with E-state index in [0.29, 0.717) is 43.5 Å². The molecule has 2 aromatic rings. The number of hydrogen-bond donors (Lipinski definition) is 2. The number of carbonyl (C=O) groups is 1. The van der Waals surface area contributed by atoms with Crippen molar-refractivity contribution >= 4 is 32.6 Å². The molecule has 2 N–H and O–H groups in total. The predicted octanol–water partition coefficient (Wildman–Crippen LogP) is 2.79. The zero-order valence-corrected chi connectivity index (χ0v) is 16.7. The minimum absolute atomic E-state index is 0.138. The Labute approximate surface area is 159 Å². The van der Waals surface area contributed by atoms with Crippen LogP contribution in [0.3, 0.4) is 0 Å². The number of aryl methyl sites for hydroxylation is 1. The van der Waals surface area contributed by atoms with Crippen LogP contribution in [-0.4, -0.2) is 26.1 Å². The zero-order chi connectivity index (χ0) is 20.0. The van der Waals surface area contributed by atoms with Gasteiger partial charge in [0.1, 0.15) is 5.58 Å². The van der Waals surface area contributed by atoms with Crippen LogP contribution in [0.25, 0.3) is 11.0 Å². The zero-order valence-electron chi connectivity index (χ0n) is 15.9. The van der Waals surface area contributed by atoms with Gasteiger partial charge in [0.05, 0.1) is 5.25 Å². The lowest BCUT2D eigenvalue weighted by atomic mass is 10.1. The number of unbranched alkanes of at least 4 members (excludes halogenated alkanes) is 1. The van der Waals surface area contributed by atoms with Crippen LogP contribution < -0.4 is 15.7 Å². The molecule has 0 aliphatic heterocycles. The van der Waals surface area contributed by atoms with E-state index in [1.807, 2.05) is 6.92 Å². The number of benzene rings is 1. The third kappa shape index (κ3) is 5.90. The number of sulfonamides is 1. The maximum atomic E-state index is 12.1. The molecule has 0 aliphatic carbocycles. The summed E-state index contributed by atoms with van der Waals surface area (Å²) >= 11 is 0. The molecular weight excluding hydrogens is 368 g/mol. The van der Waals surface area contributed by atoms with Gasteiger partial charge in [0.2, 0.25) is 15.9 Å². The number of rotatable bonds is 9. The van der Waals surface area contributed by atoms with Crippen LogP contribution in [0.15, 0.2) is 33.5 Å². The Balaban J connectivity index is 1.90. The molecule has 0 unspecified atom stereocenters. The molecule has 0 bridgehead atoms. The van der Waals surface area contributed by atoms with Gasteiger partial charge in [-0.25, -0.2) is 17.9 Å². The van der Waals surface area contributed by atoms with Gasteiger partial charge >= 0.3 is 5.63 Å². The van der Waals surface area contributed by atoms with Crippen LogP contribution in [0, 0.1) is 0 Å². The van der Waals surface area contributed by atoms with Crippen LogP contribution in [0.1, 0.15) is 45.6 Å². The minimum Gasteiger partial charge on any atom is -0.422 e. The van der Waals surface area contributed by atoms with Crippen LogP contribution in [0.4, 0.5) is 5.69 Å². The highest BCUT2D eigenvalue weighted by Gasteiger charge is 2.14. The summed E-state index contributed by atoms with van der Waals surface area (Å²) in [5.74, 6) is -0.138. The van der Waals surface area contributed by atoms with Crippen molar-refractivity contribution in [2.45, 2.75) is 51.7 Å². The molecule has 7 nitrogen and oxygen atoms in total. The molecule has 0 fully saturated rings. The second kappa shape index (κ2) is 9.14. The SMILES string of the molecule is CCc1cc(NC(=O)CCCCNS(=O)(=O)C(C)C)cc2ccc(=O)oc12. The van der Waals surface area contributed by atoms with Crippen molar-refractivity contribution in [2.75, 3.05) is 11.9 Å². The maximum absolute atomic E-state index is 12.1. The number of fused-ring (bicyclic) bond motifs is 1. The Morgan fingerprint density at radius 1 is 1.19 bits per heavy atom. The molecule has 1 aromatic heterocycles. The van der Waals surface area contributed by atoms with E-state index >= 15 is 0 Å². The Hall–Kier alpha value is -2.19. The Morgan fingerprint density at radius 3 is 2.59 bits per heavy atom. The topological polar surface area (TPSA) is 105 Å². The van der Waals surface area contributed by atoms with E-state index in [1.165, 1.54) is 6.07 Å². The van der Waals surface area contributed by atoms with Gasteiger partial charge in [-0.05, 0) is 56.9 Å². The predicted molar refractivity (Wildman–Crippen MR) is 106 cm³/mol. The number of amides is 1. The Morgan fingerprint density at radius 2 is 1.93 bits per heavy atom. The average molecular weight is 394 g/mol. The van der Waals surface area contributed by atoms with Gasteiger partial charge < -0.3 is 9.73 Å². The average Bonchev–Trinajstić information content (AvgIpc) is 2.60. The molecule has 0 aliphatic rings. The standard InChI is InChI=1S/C19H26N2O5S/c1-4-14-11-16(12-15-8-9-18(23)26-19(14)15)21-17(22)7-5-6-10-20-27(24,25)13(2)3/h8-9,11-13,20H,4-7,10H2,1-3H3,(H,21,22). The summed E-state index contributed by atoms with van der Waals surface area (Å²) in [6.07, 6.45) is 2.13. The maximum Gasteiger partial charge on any atom is 0.336 e. The quantitative estimate of drug-likeness (QED) is 0.502. The lowest BCUT2D eigenvalue weighted by Gasteiger charge is -2.10. The lowest BCUT2D eigenvalue weighted by Crippen LogP contribution is -2.31. The highest BCUT2D eigenvalue weighted by molar-refractivity contribution is 7.90. The molecule has 2 rings (SSSR count). The van der Waals surface area contributed by atoms with Crippen molar-refractivity contribution < 1.29 is 17.6 Å². The van der Waals surface area contributed by atoms with Crippen LogP contribution in [-0.2, 0) is 21.2 Å². The van der Waals surface area contributed by atoms with Gasteiger partial charge in [-0.1, -0.05) is 6.92 Å². The monoisotopic (exact) mass is 394 g/mol. The van der Waals surface area contributed by atoms with E-state index in [4.69, 9.17) is 4.42 Å². The van der Waals surface area contributed by atoms with Crippen molar-refractivity contribution in [3.63, 3.8) is 0 Å². The molecule has 1 heterocycles. The van der Waals surface area contributed by atoms with E-state index in [9.17, 15) is 18.0 Å². The van der Waals surface area contributed by atoms with Crippen molar-refractivity contribution in [1.82, 2.24) is 4.72 Å². The van der Waals surface area contributed by atoms with E-state index in [-0.39, 0.29) is 5.91 Å². The van der Waals surface area contributed by atoms with E-state index in [1.54, 1.807) is 32.0 Å². The summed E-state index contributed by atoms with van der Waals surface area (Å²) in [5.41, 5.74) is 1.64. The summed E-state index contributed by atoms with van der Waals surface area (Å²) in [6.45, 7) is 5.51. The molecule has 0 spiro atoms. The van der Waals surface area contributed by atoms with Crippen LogP contribution >= 0.6 is 0 Å². The van der Waals surface area contributed by atoms with Gasteiger partial charge in [0.25, 0.3) is 0 Å². The van der Waals surface area contributed by atoms with Crippen LogP contribution in [0.5, 0.6) is 0 Å². The third-order valence-corrected chi connectivity index (χ3v) is 6.06. The second-order valence-electron chi connectivity index (χ2n) is 6.66. The molecular formula is C19H26N2O5S. The number of anilines is 1. The third-order valence-electron chi connectivity index (χ3n) is 4.22. The highest BCUT2D eigenvalue weighted by atomic mass is 32.2. The molecule has 0 saturated carbocycles. The van der Waals surface area contributed by atoms with Gasteiger partial charge in [-0.2, -0.15) is 0 Å². The minimum atomic E-state index is -3.26. The first-order chi connectivity index (χ1) is 12.7. The summed E-state index contributed by atoms with van der Waals surface area (Å²) in [5, 5.41) is 3.14. The molecule has 27 heavy (non-hydrogen) atoms. The smallest absolute Gasteiger partial charge is 0.336 e. The molecule has 0 atom stereocenters. The number of hydrogen-bond acceptors (Lipinski definition) is 5. The van der Waals surface area contributed by atoms with Gasteiger partial charge in [-0.15, -0.1) is 0 Å². The van der Waals surface area contributed by atoms with Crippen molar-refractivity contribution in [3.05, 3.63) is 40.2 Å². The Kier molecular flexibility index (Phi) is 7.15. The van der Waals surface area contributed by atoms with E-state index in [2.05, 4.69) is 10.0 Å². The van der Waals surface area contributed by atoms with Crippen molar-refractivity contribution in [2.24, 2.45) is 0 Å². The largest absolute Gasteiger partial charge is 0.422 e. The molecule has 148 valence electrons.